The minimum absolute atomic E-state index is 0.0411. The molecule has 12 heteroatoms. The number of carbonyl (C=O) groups is 4. The minimum Gasteiger partial charge on any atom is -0.467 e. The zero-order valence-electron chi connectivity index (χ0n) is 24.6. The zero-order chi connectivity index (χ0) is 30.2. The highest BCUT2D eigenvalue weighted by molar-refractivity contribution is 5.97. The Balaban J connectivity index is 0.000000283. The number of nitrogens with one attached hydrogen (secondary N) is 1. The Morgan fingerprint density at radius 2 is 1.51 bits per heavy atom. The molecule has 4 N–H and O–H groups in total. The van der Waals surface area contributed by atoms with Crippen molar-refractivity contribution in [1.82, 2.24) is 10.2 Å². The fourth-order valence-electron chi connectivity index (χ4n) is 6.17. The van der Waals surface area contributed by atoms with Crippen molar-refractivity contribution in [2.24, 2.45) is 17.3 Å². The molecule has 0 unspecified atom stereocenters. The summed E-state index contributed by atoms with van der Waals surface area (Å²) in [6.07, 6.45) is 1.85. The van der Waals surface area contributed by atoms with E-state index in [0.29, 0.717) is 19.3 Å². The molecule has 3 fully saturated rings. The summed E-state index contributed by atoms with van der Waals surface area (Å²) in [5, 5.41) is 33.3. The van der Waals surface area contributed by atoms with Crippen LogP contribution in [0.5, 0.6) is 0 Å². The van der Waals surface area contributed by atoms with Crippen LogP contribution in [0.15, 0.2) is 0 Å². The number of fused-ring (bicyclic) bond motifs is 1. The van der Waals surface area contributed by atoms with Crippen molar-refractivity contribution in [3.8, 4) is 0 Å². The predicted molar refractivity (Wildman–Crippen MR) is 139 cm³/mol. The highest BCUT2D eigenvalue weighted by Crippen LogP contribution is 2.53. The van der Waals surface area contributed by atoms with Crippen LogP contribution >= 0.6 is 0 Å². The SMILES string of the molecule is CCC[C@H]1C(=O)N2[C@@H](C(C)(C)C)OC[C@]2(C(=O)OC)[C@@]1(C)O.CCC[C@H]1C(=O)N[C@@](CO)(C(=O)OC)[C@@]1(C)O. The fourth-order valence-corrected chi connectivity index (χ4v) is 6.17. The average Bonchev–Trinajstić information content (AvgIpc) is 3.42. The van der Waals surface area contributed by atoms with Gasteiger partial charge in [0.15, 0.2) is 11.1 Å². The molecule has 3 aliphatic heterocycles. The molecule has 0 spiro atoms. The third kappa shape index (κ3) is 4.83. The topological polar surface area (TPSA) is 172 Å². The summed E-state index contributed by atoms with van der Waals surface area (Å²) in [4.78, 5) is 50.4. The van der Waals surface area contributed by atoms with Crippen molar-refractivity contribution in [3.05, 3.63) is 0 Å². The molecule has 0 aliphatic carbocycles. The number of ether oxygens (including phenoxy) is 3. The van der Waals surface area contributed by atoms with E-state index in [0.717, 1.165) is 13.5 Å². The number of nitrogens with zero attached hydrogens (tertiary/aromatic N) is 1. The Morgan fingerprint density at radius 3 is 1.95 bits per heavy atom. The molecule has 3 rings (SSSR count). The first-order valence-electron chi connectivity index (χ1n) is 13.4. The Labute approximate surface area is 230 Å². The molecule has 2 amide bonds. The number of amides is 2. The van der Waals surface area contributed by atoms with Crippen LogP contribution in [-0.2, 0) is 33.4 Å². The van der Waals surface area contributed by atoms with E-state index in [4.69, 9.17) is 9.47 Å². The van der Waals surface area contributed by atoms with E-state index in [2.05, 4.69) is 10.1 Å². The smallest absolute Gasteiger partial charge is 0.337 e. The fraction of sp³-hybridized carbons (Fsp3) is 0.852. The van der Waals surface area contributed by atoms with Gasteiger partial charge in [0.2, 0.25) is 11.8 Å². The highest BCUT2D eigenvalue weighted by Gasteiger charge is 2.75. The molecule has 0 saturated carbocycles. The van der Waals surface area contributed by atoms with E-state index in [1.54, 1.807) is 6.92 Å². The molecule has 7 atom stereocenters. The van der Waals surface area contributed by atoms with E-state index in [1.165, 1.54) is 18.9 Å². The maximum atomic E-state index is 13.0. The van der Waals surface area contributed by atoms with Gasteiger partial charge in [0.25, 0.3) is 0 Å². The summed E-state index contributed by atoms with van der Waals surface area (Å²) in [7, 11) is 2.42. The molecule has 3 saturated heterocycles. The third-order valence-electron chi connectivity index (χ3n) is 8.53. The normalized spacial score (nSPS) is 37.6. The number of hydrogen-bond acceptors (Lipinski definition) is 10. The molecule has 224 valence electrons. The predicted octanol–water partition coefficient (Wildman–Crippen LogP) is 0.498. The van der Waals surface area contributed by atoms with Gasteiger partial charge >= 0.3 is 11.9 Å². The van der Waals surface area contributed by atoms with Gasteiger partial charge in [-0.15, -0.1) is 0 Å². The number of aliphatic hydroxyl groups excluding tert-OH is 1. The molecular weight excluding hydrogens is 512 g/mol. The monoisotopic (exact) mass is 558 g/mol. The van der Waals surface area contributed by atoms with E-state index in [1.807, 2.05) is 34.6 Å². The van der Waals surface area contributed by atoms with Crippen LogP contribution < -0.4 is 5.32 Å². The molecule has 0 aromatic rings. The van der Waals surface area contributed by atoms with Gasteiger partial charge in [-0.2, -0.15) is 0 Å². The standard InChI is InChI=1S/C16H27NO5.C11H19NO5/c1-7-8-10-11(18)17-12(14(2,3)4)22-9-16(17,13(19)21-6)15(10,5)20;1-4-5-7-8(14)12-11(6-13,9(15)17-3)10(7,2)16/h10,12,20H,7-9H2,1-6H3;7,13,16H,4-6H2,1-3H3,(H,12,14)/t10-,12+,15-,16-;7-,10-,11-/m00/s1. The van der Waals surface area contributed by atoms with E-state index < -0.39 is 64.8 Å². The van der Waals surface area contributed by atoms with Gasteiger partial charge < -0.3 is 34.8 Å². The number of hydrogen-bond donors (Lipinski definition) is 4. The number of methoxy groups -OCH3 is 2. The van der Waals surface area contributed by atoms with Crippen molar-refractivity contribution in [2.75, 3.05) is 27.4 Å². The number of rotatable bonds is 7. The maximum Gasteiger partial charge on any atom is 0.337 e. The molecule has 0 radical (unpaired) electrons. The molecule has 0 aromatic carbocycles. The van der Waals surface area contributed by atoms with Crippen molar-refractivity contribution >= 4 is 23.8 Å². The second kappa shape index (κ2) is 11.3. The van der Waals surface area contributed by atoms with E-state index in [-0.39, 0.29) is 17.9 Å². The summed E-state index contributed by atoms with van der Waals surface area (Å²) >= 11 is 0. The number of aliphatic hydroxyl groups is 3. The second-order valence-corrected chi connectivity index (χ2v) is 12.1. The van der Waals surface area contributed by atoms with Crippen molar-refractivity contribution in [2.45, 2.75) is 103 Å². The lowest BCUT2D eigenvalue weighted by molar-refractivity contribution is -0.167. The molecule has 0 bridgehead atoms. The van der Waals surface area contributed by atoms with Crippen LogP contribution in [0.1, 0.15) is 74.1 Å². The Bertz CT molecular complexity index is 959. The number of carbonyl (C=O) groups excluding carboxylic acids is 4. The molecular formula is C27H46N2O10. The first kappa shape index (κ1) is 32.9. The van der Waals surface area contributed by atoms with Crippen molar-refractivity contribution in [3.63, 3.8) is 0 Å². The van der Waals surface area contributed by atoms with Gasteiger partial charge in [0.05, 0.1) is 39.3 Å². The first-order valence-corrected chi connectivity index (χ1v) is 13.4. The van der Waals surface area contributed by atoms with Crippen LogP contribution in [0.2, 0.25) is 0 Å². The van der Waals surface area contributed by atoms with Gasteiger partial charge in [-0.3, -0.25) is 14.5 Å². The van der Waals surface area contributed by atoms with E-state index in [9.17, 15) is 34.5 Å². The molecule has 0 aromatic heterocycles. The second-order valence-electron chi connectivity index (χ2n) is 12.1. The molecule has 39 heavy (non-hydrogen) atoms. The maximum absolute atomic E-state index is 13.0. The third-order valence-corrected chi connectivity index (χ3v) is 8.53. The Morgan fingerprint density at radius 1 is 1.00 bits per heavy atom. The number of esters is 2. The lowest BCUT2D eigenvalue weighted by Gasteiger charge is -2.40. The van der Waals surface area contributed by atoms with Crippen LogP contribution in [0.3, 0.4) is 0 Å². The van der Waals surface area contributed by atoms with Gasteiger partial charge in [-0.1, -0.05) is 47.5 Å². The summed E-state index contributed by atoms with van der Waals surface area (Å²) < 4.78 is 15.3. The largest absolute Gasteiger partial charge is 0.467 e. The Kier molecular flexibility index (Phi) is 9.54. The Hall–Kier alpha value is -2.28. The van der Waals surface area contributed by atoms with Crippen LogP contribution in [0.25, 0.3) is 0 Å². The quantitative estimate of drug-likeness (QED) is 0.322. The summed E-state index contributed by atoms with van der Waals surface area (Å²) in [6.45, 7) is 11.9. The highest BCUT2D eigenvalue weighted by atomic mass is 16.6. The van der Waals surface area contributed by atoms with Crippen LogP contribution in [0, 0.1) is 17.3 Å². The van der Waals surface area contributed by atoms with Gasteiger partial charge in [0.1, 0.15) is 17.4 Å². The lowest BCUT2D eigenvalue weighted by Crippen LogP contribution is -2.65. The van der Waals surface area contributed by atoms with Gasteiger partial charge in [-0.25, -0.2) is 9.59 Å². The van der Waals surface area contributed by atoms with Gasteiger partial charge in [-0.05, 0) is 26.7 Å². The molecule has 3 aliphatic rings. The zero-order valence-corrected chi connectivity index (χ0v) is 24.6. The van der Waals surface area contributed by atoms with Crippen molar-refractivity contribution in [1.29, 1.82) is 0 Å². The summed E-state index contributed by atoms with van der Waals surface area (Å²) in [5.74, 6) is -3.46. The first-order chi connectivity index (χ1) is 17.9. The van der Waals surface area contributed by atoms with Crippen LogP contribution in [0.4, 0.5) is 0 Å². The molecule has 3 heterocycles. The minimum atomic E-state index is -1.77. The van der Waals surface area contributed by atoms with Gasteiger partial charge in [0, 0.05) is 5.41 Å². The van der Waals surface area contributed by atoms with Crippen LogP contribution in [-0.4, -0.2) is 99.9 Å². The lowest BCUT2D eigenvalue weighted by atomic mass is 9.75. The summed E-state index contributed by atoms with van der Waals surface area (Å²) in [6, 6.07) is 0. The molecule has 12 nitrogen and oxygen atoms in total. The summed E-state index contributed by atoms with van der Waals surface area (Å²) in [5.41, 5.74) is -6.78. The van der Waals surface area contributed by atoms with E-state index >= 15 is 0 Å². The van der Waals surface area contributed by atoms with Crippen molar-refractivity contribution < 1.29 is 48.7 Å². The average molecular weight is 559 g/mol.